The van der Waals surface area contributed by atoms with Crippen molar-refractivity contribution in [2.75, 3.05) is 13.1 Å². The molecule has 20 heavy (non-hydrogen) atoms. The van der Waals surface area contributed by atoms with Crippen LogP contribution in [0.3, 0.4) is 0 Å². The summed E-state index contributed by atoms with van der Waals surface area (Å²) >= 11 is 7.80. The number of nitrogens with zero attached hydrogens (tertiary/aromatic N) is 1. The summed E-state index contributed by atoms with van der Waals surface area (Å²) < 4.78 is 0.861. The third-order valence-electron chi connectivity index (χ3n) is 4.60. The Kier molecular flexibility index (Phi) is 5.17. The van der Waals surface area contributed by atoms with Gasteiger partial charge in [-0.3, -0.25) is 4.90 Å². The first-order chi connectivity index (χ1) is 9.32. The molecular formula is C16H27ClN2S. The number of hydrogen-bond acceptors (Lipinski definition) is 3. The van der Waals surface area contributed by atoms with Gasteiger partial charge in [0.05, 0.1) is 10.4 Å². The molecule has 1 saturated heterocycles. The molecule has 0 bridgehead atoms. The van der Waals surface area contributed by atoms with Crippen molar-refractivity contribution in [1.29, 1.82) is 0 Å². The molecule has 2 N–H and O–H groups in total. The third-order valence-corrected chi connectivity index (χ3v) is 5.90. The van der Waals surface area contributed by atoms with Gasteiger partial charge in [-0.1, -0.05) is 39.3 Å². The molecular weight excluding hydrogens is 288 g/mol. The van der Waals surface area contributed by atoms with Crippen LogP contribution in [0.4, 0.5) is 0 Å². The van der Waals surface area contributed by atoms with E-state index in [-0.39, 0.29) is 6.04 Å². The average Bonchev–Trinajstić information content (AvgIpc) is 2.98. The molecule has 0 saturated carbocycles. The van der Waals surface area contributed by atoms with Crippen molar-refractivity contribution in [3.8, 4) is 0 Å². The van der Waals surface area contributed by atoms with E-state index in [0.29, 0.717) is 11.5 Å². The van der Waals surface area contributed by atoms with Crippen molar-refractivity contribution in [2.24, 2.45) is 17.1 Å². The van der Waals surface area contributed by atoms with Crippen LogP contribution in [-0.4, -0.2) is 24.0 Å². The fourth-order valence-electron chi connectivity index (χ4n) is 3.12. The smallest absolute Gasteiger partial charge is 0.0931 e. The van der Waals surface area contributed by atoms with Crippen LogP contribution in [0.5, 0.6) is 0 Å². The van der Waals surface area contributed by atoms with Gasteiger partial charge in [0.25, 0.3) is 0 Å². The number of nitrogens with two attached hydrogens (primary N) is 1. The van der Waals surface area contributed by atoms with Crippen LogP contribution in [0.25, 0.3) is 0 Å². The molecule has 2 heterocycles. The molecule has 114 valence electrons. The van der Waals surface area contributed by atoms with Crippen molar-refractivity contribution in [2.45, 2.75) is 52.6 Å². The molecule has 4 heteroatoms. The van der Waals surface area contributed by atoms with Crippen LogP contribution in [0.1, 0.15) is 51.5 Å². The van der Waals surface area contributed by atoms with Crippen LogP contribution in [0, 0.1) is 11.3 Å². The van der Waals surface area contributed by atoms with E-state index in [2.05, 4.69) is 38.7 Å². The van der Waals surface area contributed by atoms with Crippen LogP contribution >= 0.6 is 22.9 Å². The summed E-state index contributed by atoms with van der Waals surface area (Å²) in [5, 5.41) is 0. The van der Waals surface area contributed by atoms with Gasteiger partial charge in [0.15, 0.2) is 0 Å². The Bertz CT molecular complexity index is 438. The van der Waals surface area contributed by atoms with Gasteiger partial charge in [-0.15, -0.1) is 11.3 Å². The van der Waals surface area contributed by atoms with Gasteiger partial charge in [0.2, 0.25) is 0 Å². The number of likely N-dealkylation sites (tertiary alicyclic amines) is 1. The first-order valence-electron chi connectivity index (χ1n) is 7.57. The van der Waals surface area contributed by atoms with Crippen LogP contribution < -0.4 is 5.73 Å². The number of thiophene rings is 1. The van der Waals surface area contributed by atoms with Gasteiger partial charge >= 0.3 is 0 Å². The molecule has 2 rings (SSSR count). The van der Waals surface area contributed by atoms with Crippen molar-refractivity contribution in [3.63, 3.8) is 0 Å². The van der Waals surface area contributed by atoms with E-state index in [0.717, 1.165) is 29.8 Å². The SMILES string of the molecule is CCC(N)C(c1ccc(Cl)s1)N1CCC(C(C)(C)C)C1. The molecule has 0 aromatic carbocycles. The zero-order valence-electron chi connectivity index (χ0n) is 13.0. The van der Waals surface area contributed by atoms with Crippen molar-refractivity contribution in [1.82, 2.24) is 4.90 Å². The normalized spacial score (nSPS) is 24.0. The molecule has 0 amide bonds. The lowest BCUT2D eigenvalue weighted by atomic mass is 9.80. The molecule has 2 nitrogen and oxygen atoms in total. The fourth-order valence-corrected chi connectivity index (χ4v) is 4.39. The summed E-state index contributed by atoms with van der Waals surface area (Å²) in [6.45, 7) is 11.5. The second-order valence-corrected chi connectivity index (χ2v) is 8.75. The number of hydrogen-bond donors (Lipinski definition) is 1. The highest BCUT2D eigenvalue weighted by atomic mass is 35.5. The van der Waals surface area contributed by atoms with E-state index in [9.17, 15) is 0 Å². The lowest BCUT2D eigenvalue weighted by Crippen LogP contribution is -2.40. The summed E-state index contributed by atoms with van der Waals surface area (Å²) in [6, 6.07) is 4.65. The Balaban J connectivity index is 2.17. The quantitative estimate of drug-likeness (QED) is 0.883. The zero-order chi connectivity index (χ0) is 14.9. The van der Waals surface area contributed by atoms with E-state index in [4.69, 9.17) is 17.3 Å². The molecule has 1 aromatic rings. The second-order valence-electron chi connectivity index (χ2n) is 7.01. The summed E-state index contributed by atoms with van der Waals surface area (Å²) in [4.78, 5) is 3.89. The Hall–Kier alpha value is -0.0900. The highest BCUT2D eigenvalue weighted by molar-refractivity contribution is 7.16. The van der Waals surface area contributed by atoms with Crippen LogP contribution in [0.2, 0.25) is 4.34 Å². The summed E-state index contributed by atoms with van der Waals surface area (Å²) in [7, 11) is 0. The van der Waals surface area contributed by atoms with Crippen molar-refractivity contribution >= 4 is 22.9 Å². The maximum atomic E-state index is 6.41. The van der Waals surface area contributed by atoms with Gasteiger partial charge in [-0.05, 0) is 42.9 Å². The lowest BCUT2D eigenvalue weighted by Gasteiger charge is -2.33. The summed E-state index contributed by atoms with van der Waals surface area (Å²) in [6.07, 6.45) is 2.27. The molecule has 1 aromatic heterocycles. The minimum absolute atomic E-state index is 0.184. The third kappa shape index (κ3) is 3.56. The molecule has 0 spiro atoms. The Morgan fingerprint density at radius 2 is 2.15 bits per heavy atom. The second kappa shape index (κ2) is 6.35. The highest BCUT2D eigenvalue weighted by Crippen LogP contribution is 2.40. The molecule has 1 fully saturated rings. The van der Waals surface area contributed by atoms with E-state index in [1.165, 1.54) is 11.3 Å². The average molecular weight is 315 g/mol. The Morgan fingerprint density at radius 1 is 1.45 bits per heavy atom. The molecule has 3 atom stereocenters. The van der Waals surface area contributed by atoms with Gasteiger partial charge in [0.1, 0.15) is 0 Å². The van der Waals surface area contributed by atoms with Gasteiger partial charge in [-0.2, -0.15) is 0 Å². The Labute approximate surface area is 132 Å². The molecule has 1 aliphatic rings. The molecule has 0 radical (unpaired) electrons. The maximum Gasteiger partial charge on any atom is 0.0931 e. The maximum absolute atomic E-state index is 6.41. The summed E-state index contributed by atoms with van der Waals surface area (Å²) in [5.74, 6) is 0.754. The lowest BCUT2D eigenvalue weighted by molar-refractivity contribution is 0.177. The fraction of sp³-hybridized carbons (Fsp3) is 0.750. The largest absolute Gasteiger partial charge is 0.326 e. The molecule has 1 aliphatic heterocycles. The molecule has 0 aliphatic carbocycles. The van der Waals surface area contributed by atoms with Crippen LogP contribution in [0.15, 0.2) is 12.1 Å². The summed E-state index contributed by atoms with van der Waals surface area (Å²) in [5.41, 5.74) is 6.79. The van der Waals surface area contributed by atoms with E-state index < -0.39 is 0 Å². The number of rotatable bonds is 4. The zero-order valence-corrected chi connectivity index (χ0v) is 14.6. The minimum atomic E-state index is 0.184. The van der Waals surface area contributed by atoms with Gasteiger partial charge in [-0.25, -0.2) is 0 Å². The van der Waals surface area contributed by atoms with E-state index in [1.54, 1.807) is 11.3 Å². The Morgan fingerprint density at radius 3 is 2.60 bits per heavy atom. The first-order valence-corrected chi connectivity index (χ1v) is 8.77. The predicted octanol–water partition coefficient (Wildman–Crippen LogP) is 4.55. The monoisotopic (exact) mass is 314 g/mol. The molecule has 3 unspecified atom stereocenters. The van der Waals surface area contributed by atoms with Crippen molar-refractivity contribution < 1.29 is 0 Å². The predicted molar refractivity (Wildman–Crippen MR) is 89.5 cm³/mol. The topological polar surface area (TPSA) is 29.3 Å². The first kappa shape index (κ1) is 16.3. The van der Waals surface area contributed by atoms with Crippen molar-refractivity contribution in [3.05, 3.63) is 21.3 Å². The standard InChI is InChI=1S/C16H27ClN2S/c1-5-12(18)15(13-6-7-14(17)20-13)19-9-8-11(10-19)16(2,3)4/h6-7,11-12,15H,5,8-10,18H2,1-4H3. The minimum Gasteiger partial charge on any atom is -0.326 e. The van der Waals surface area contributed by atoms with Crippen LogP contribution in [-0.2, 0) is 0 Å². The van der Waals surface area contributed by atoms with Gasteiger partial charge < -0.3 is 5.73 Å². The number of halogens is 1. The van der Waals surface area contributed by atoms with E-state index >= 15 is 0 Å². The van der Waals surface area contributed by atoms with E-state index in [1.807, 2.05) is 6.07 Å². The van der Waals surface area contributed by atoms with Gasteiger partial charge in [0, 0.05) is 17.5 Å². The highest BCUT2D eigenvalue weighted by Gasteiger charge is 2.37.